The van der Waals surface area contributed by atoms with Crippen molar-refractivity contribution in [2.75, 3.05) is 0 Å². The van der Waals surface area contributed by atoms with Crippen LogP contribution < -0.4 is 0 Å². The average molecular weight is 301 g/mol. The minimum absolute atomic E-state index is 0.693. The van der Waals surface area contributed by atoms with E-state index in [-0.39, 0.29) is 0 Å². The van der Waals surface area contributed by atoms with Crippen molar-refractivity contribution in [3.05, 3.63) is 82.7 Å². The van der Waals surface area contributed by atoms with Gasteiger partial charge in [0.15, 0.2) is 0 Å². The molecule has 0 fully saturated rings. The van der Waals surface area contributed by atoms with Gasteiger partial charge in [-0.25, -0.2) is 0 Å². The predicted molar refractivity (Wildman–Crippen MR) is 94.4 cm³/mol. The summed E-state index contributed by atoms with van der Waals surface area (Å²) < 4.78 is 0. The molecule has 2 heteroatoms. The van der Waals surface area contributed by atoms with Crippen molar-refractivity contribution in [2.45, 2.75) is 6.92 Å². The molecule has 0 saturated heterocycles. The maximum absolute atomic E-state index is 9.39. The number of allylic oxidation sites excluding steroid dienone is 1. The molecule has 0 bridgehead atoms. The Morgan fingerprint density at radius 3 is 2.55 bits per heavy atom. The number of aryl methyl sites for hydroxylation is 1. The summed E-state index contributed by atoms with van der Waals surface area (Å²) in [6.45, 7) is 2.10. The predicted octanol–water partition coefficient (Wildman–Crippen LogP) is 5.79. The van der Waals surface area contributed by atoms with Crippen LogP contribution in [0.25, 0.3) is 22.1 Å². The number of thiophene rings is 1. The Hall–Kier alpha value is -2.63. The summed E-state index contributed by atoms with van der Waals surface area (Å²) >= 11 is 1.71. The van der Waals surface area contributed by atoms with Crippen molar-refractivity contribution in [3.8, 4) is 16.5 Å². The molecular weight excluding hydrogens is 286 g/mol. The zero-order valence-corrected chi connectivity index (χ0v) is 13.1. The summed E-state index contributed by atoms with van der Waals surface area (Å²) in [5.74, 6) is 0. The van der Waals surface area contributed by atoms with Crippen LogP contribution >= 0.6 is 11.3 Å². The minimum Gasteiger partial charge on any atom is -0.192 e. The largest absolute Gasteiger partial charge is 0.192 e. The van der Waals surface area contributed by atoms with Crippen LogP contribution in [0.4, 0.5) is 0 Å². The highest BCUT2D eigenvalue weighted by atomic mass is 32.1. The summed E-state index contributed by atoms with van der Waals surface area (Å²) in [5, 5.41) is 9.39. The SMILES string of the molecule is Cc1cccc(-c2ccc(/C=C(\C#N)c3ccccc3)s2)c1. The van der Waals surface area contributed by atoms with Crippen molar-refractivity contribution in [1.82, 2.24) is 0 Å². The lowest BCUT2D eigenvalue weighted by Crippen LogP contribution is -1.79. The van der Waals surface area contributed by atoms with Crippen molar-refractivity contribution in [2.24, 2.45) is 0 Å². The molecule has 0 spiro atoms. The fourth-order valence-electron chi connectivity index (χ4n) is 2.32. The highest BCUT2D eigenvalue weighted by Crippen LogP contribution is 2.30. The van der Waals surface area contributed by atoms with Gasteiger partial charge in [0.25, 0.3) is 0 Å². The number of rotatable bonds is 3. The average Bonchev–Trinajstić information content (AvgIpc) is 3.02. The Kier molecular flexibility index (Phi) is 4.18. The minimum atomic E-state index is 0.693. The topological polar surface area (TPSA) is 23.8 Å². The standard InChI is InChI=1S/C20H15NS/c1-15-6-5-9-17(12-15)20-11-10-19(22-20)13-18(14-21)16-7-3-2-4-8-16/h2-13H,1H3/b18-13+. The normalized spacial score (nSPS) is 11.2. The zero-order valence-electron chi connectivity index (χ0n) is 12.3. The third kappa shape index (κ3) is 3.16. The maximum Gasteiger partial charge on any atom is 0.0998 e. The Balaban J connectivity index is 1.94. The van der Waals surface area contributed by atoms with Crippen molar-refractivity contribution in [1.29, 1.82) is 5.26 Å². The lowest BCUT2D eigenvalue weighted by atomic mass is 10.1. The van der Waals surface area contributed by atoms with E-state index in [9.17, 15) is 5.26 Å². The second-order valence-electron chi connectivity index (χ2n) is 5.11. The molecule has 0 amide bonds. The molecule has 0 radical (unpaired) electrons. The van der Waals surface area contributed by atoms with Crippen molar-refractivity contribution < 1.29 is 0 Å². The molecule has 2 aromatic carbocycles. The fraction of sp³-hybridized carbons (Fsp3) is 0.0500. The monoisotopic (exact) mass is 301 g/mol. The summed E-state index contributed by atoms with van der Waals surface area (Å²) in [5.41, 5.74) is 4.13. The first-order chi connectivity index (χ1) is 10.8. The summed E-state index contributed by atoms with van der Waals surface area (Å²) in [4.78, 5) is 2.32. The smallest absolute Gasteiger partial charge is 0.0998 e. The lowest BCUT2D eigenvalue weighted by Gasteiger charge is -1.99. The second kappa shape index (κ2) is 6.43. The van der Waals surface area contributed by atoms with Gasteiger partial charge in [-0.15, -0.1) is 11.3 Å². The van der Waals surface area contributed by atoms with E-state index in [1.54, 1.807) is 11.3 Å². The molecule has 0 unspecified atom stereocenters. The Morgan fingerprint density at radius 2 is 1.82 bits per heavy atom. The molecule has 0 atom stereocenters. The van der Waals surface area contributed by atoms with Crippen LogP contribution in [0.3, 0.4) is 0 Å². The molecule has 0 saturated carbocycles. The van der Waals surface area contributed by atoms with Gasteiger partial charge in [0, 0.05) is 9.75 Å². The van der Waals surface area contributed by atoms with Gasteiger partial charge in [-0.3, -0.25) is 0 Å². The van der Waals surface area contributed by atoms with Gasteiger partial charge in [0.2, 0.25) is 0 Å². The molecule has 1 nitrogen and oxygen atoms in total. The van der Waals surface area contributed by atoms with Crippen LogP contribution in [0.5, 0.6) is 0 Å². The van der Waals surface area contributed by atoms with Crippen LogP contribution in [0.1, 0.15) is 16.0 Å². The first kappa shape index (κ1) is 14.3. The van der Waals surface area contributed by atoms with Gasteiger partial charge in [-0.05, 0) is 36.3 Å². The third-order valence-electron chi connectivity index (χ3n) is 3.42. The third-order valence-corrected chi connectivity index (χ3v) is 4.50. The van der Waals surface area contributed by atoms with Gasteiger partial charge in [0.05, 0.1) is 11.6 Å². The molecular formula is C20H15NS. The molecule has 0 aliphatic carbocycles. The molecule has 1 aromatic heterocycles. The van der Waals surface area contributed by atoms with E-state index in [2.05, 4.69) is 49.4 Å². The lowest BCUT2D eigenvalue weighted by molar-refractivity contribution is 1.48. The second-order valence-corrected chi connectivity index (χ2v) is 6.22. The van der Waals surface area contributed by atoms with Crippen LogP contribution in [-0.4, -0.2) is 0 Å². The highest BCUT2D eigenvalue weighted by Gasteiger charge is 2.04. The van der Waals surface area contributed by atoms with E-state index in [1.807, 2.05) is 36.4 Å². The Morgan fingerprint density at radius 1 is 1.00 bits per heavy atom. The van der Waals surface area contributed by atoms with Crippen molar-refractivity contribution >= 4 is 23.0 Å². The number of nitrogens with zero attached hydrogens (tertiary/aromatic N) is 1. The first-order valence-corrected chi connectivity index (χ1v) is 7.92. The van der Waals surface area contributed by atoms with Crippen LogP contribution in [0.15, 0.2) is 66.7 Å². The Labute approximate surface area is 134 Å². The molecule has 0 aliphatic heterocycles. The molecule has 3 rings (SSSR count). The van der Waals surface area contributed by atoms with Crippen LogP contribution in [0, 0.1) is 18.3 Å². The van der Waals surface area contributed by atoms with Crippen LogP contribution in [-0.2, 0) is 0 Å². The molecule has 0 N–H and O–H groups in total. The van der Waals surface area contributed by atoms with Crippen LogP contribution in [0.2, 0.25) is 0 Å². The summed E-state index contributed by atoms with van der Waals surface area (Å²) in [6.07, 6.45) is 1.96. The van der Waals surface area contributed by atoms with Gasteiger partial charge in [-0.1, -0.05) is 60.2 Å². The van der Waals surface area contributed by atoms with Crippen molar-refractivity contribution in [3.63, 3.8) is 0 Å². The zero-order chi connectivity index (χ0) is 15.4. The number of hydrogen-bond acceptors (Lipinski definition) is 2. The Bertz CT molecular complexity index is 851. The molecule has 106 valence electrons. The molecule has 1 heterocycles. The number of benzene rings is 2. The van der Waals surface area contributed by atoms with Gasteiger partial charge in [-0.2, -0.15) is 5.26 Å². The summed E-state index contributed by atoms with van der Waals surface area (Å²) in [6, 6.07) is 24.7. The van der Waals surface area contributed by atoms with E-state index in [4.69, 9.17) is 0 Å². The van der Waals surface area contributed by atoms with E-state index in [0.717, 1.165) is 10.4 Å². The van der Waals surface area contributed by atoms with E-state index in [0.29, 0.717) is 5.57 Å². The van der Waals surface area contributed by atoms with Gasteiger partial charge in [0.1, 0.15) is 0 Å². The van der Waals surface area contributed by atoms with E-state index in [1.165, 1.54) is 16.0 Å². The first-order valence-electron chi connectivity index (χ1n) is 7.10. The molecule has 3 aromatic rings. The van der Waals surface area contributed by atoms with Gasteiger partial charge < -0.3 is 0 Å². The highest BCUT2D eigenvalue weighted by molar-refractivity contribution is 7.16. The van der Waals surface area contributed by atoms with Gasteiger partial charge >= 0.3 is 0 Å². The number of nitriles is 1. The molecule has 22 heavy (non-hydrogen) atoms. The maximum atomic E-state index is 9.39. The number of hydrogen-bond donors (Lipinski definition) is 0. The van der Waals surface area contributed by atoms with E-state index >= 15 is 0 Å². The quantitative estimate of drug-likeness (QED) is 0.562. The summed E-state index contributed by atoms with van der Waals surface area (Å²) in [7, 11) is 0. The van der Waals surface area contributed by atoms with E-state index < -0.39 is 0 Å². The molecule has 0 aliphatic rings. The fourth-order valence-corrected chi connectivity index (χ4v) is 3.27.